The molecule has 15 heteroatoms. The number of H-pyrrole nitrogens is 2. The minimum atomic E-state index is -0.998. The first-order valence-electron chi connectivity index (χ1n) is 7.53. The van der Waals surface area contributed by atoms with E-state index in [9.17, 15) is 19.2 Å². The smallest absolute Gasteiger partial charge is 0.327 e. The molecule has 3 aromatic rings. The predicted octanol–water partition coefficient (Wildman–Crippen LogP) is 3.05. The van der Waals surface area contributed by atoms with Crippen LogP contribution < -0.4 is 22.3 Å². The van der Waals surface area contributed by atoms with Crippen LogP contribution in [0, 0.1) is 0 Å². The highest BCUT2D eigenvalue weighted by Gasteiger charge is 2.15. The standard InChI is InChI=1S/C8H5ClIN3O2.C7H4Cl3N3O2/c9-4-1-3-6(11-5(4)2-10)12-8(15)13-7(3)14;8-3-1-2(4(9)12-5(3)10)6(14)13-7(11)15/h1H,2H2,(H2,11,12,13,14,15);1H,(H3,11,13,14,15). The Kier molecular flexibility index (Phi) is 8.43. The summed E-state index contributed by atoms with van der Waals surface area (Å²) in [7, 11) is 0. The van der Waals surface area contributed by atoms with Crippen molar-refractivity contribution in [3.05, 3.63) is 64.6 Å². The second-order valence-electron chi connectivity index (χ2n) is 5.27. The van der Waals surface area contributed by atoms with Gasteiger partial charge < -0.3 is 5.73 Å². The Hall–Kier alpha value is -1.93. The fraction of sp³-hybridized carbons (Fsp3) is 0.0667. The monoisotopic (exact) mass is 604 g/mol. The third-order valence-electron chi connectivity index (χ3n) is 3.25. The molecule has 0 saturated carbocycles. The number of alkyl halides is 1. The normalized spacial score (nSPS) is 10.3. The maximum absolute atomic E-state index is 11.4. The van der Waals surface area contributed by atoms with Crippen molar-refractivity contribution in [1.29, 1.82) is 0 Å². The van der Waals surface area contributed by atoms with Crippen molar-refractivity contribution in [2.24, 2.45) is 5.73 Å². The third-order valence-corrected chi connectivity index (χ3v) is 5.26. The second-order valence-corrected chi connectivity index (χ2v) is 7.57. The van der Waals surface area contributed by atoms with E-state index in [0.29, 0.717) is 15.1 Å². The predicted molar refractivity (Wildman–Crippen MR) is 122 cm³/mol. The van der Waals surface area contributed by atoms with Crippen LogP contribution in [0.25, 0.3) is 11.0 Å². The van der Waals surface area contributed by atoms with E-state index in [-0.39, 0.29) is 31.9 Å². The van der Waals surface area contributed by atoms with Gasteiger partial charge in [-0.15, -0.1) is 0 Å². The Labute approximate surface area is 200 Å². The zero-order valence-electron chi connectivity index (χ0n) is 14.4. The molecule has 0 aromatic carbocycles. The summed E-state index contributed by atoms with van der Waals surface area (Å²) < 4.78 is 0.612. The maximum Gasteiger partial charge on any atom is 0.327 e. The van der Waals surface area contributed by atoms with Crippen molar-refractivity contribution in [3.8, 4) is 0 Å². The molecule has 30 heavy (non-hydrogen) atoms. The summed E-state index contributed by atoms with van der Waals surface area (Å²) in [4.78, 5) is 56.3. The molecule has 0 aliphatic heterocycles. The molecule has 0 fully saturated rings. The van der Waals surface area contributed by atoms with Crippen LogP contribution in [0.3, 0.4) is 0 Å². The average Bonchev–Trinajstić information content (AvgIpc) is 2.64. The molecule has 0 atom stereocenters. The number of amides is 3. The number of urea groups is 1. The zero-order chi connectivity index (χ0) is 22.6. The molecule has 0 aliphatic rings. The average molecular weight is 606 g/mol. The van der Waals surface area contributed by atoms with Gasteiger partial charge in [0.05, 0.1) is 26.7 Å². The van der Waals surface area contributed by atoms with Gasteiger partial charge in [-0.3, -0.25) is 24.9 Å². The van der Waals surface area contributed by atoms with Crippen LogP contribution in [0.5, 0.6) is 0 Å². The number of hydrogen-bond acceptors (Lipinski definition) is 6. The molecule has 10 nitrogen and oxygen atoms in total. The lowest BCUT2D eigenvalue weighted by atomic mass is 10.3. The fourth-order valence-electron chi connectivity index (χ4n) is 1.98. The molecular formula is C15H9Cl4IN6O4. The van der Waals surface area contributed by atoms with Crippen LogP contribution in [0.2, 0.25) is 20.4 Å². The van der Waals surface area contributed by atoms with Gasteiger partial charge in [-0.05, 0) is 12.1 Å². The van der Waals surface area contributed by atoms with Crippen molar-refractivity contribution in [2.45, 2.75) is 4.43 Å². The number of imide groups is 1. The number of nitrogens with zero attached hydrogens (tertiary/aromatic N) is 2. The maximum atomic E-state index is 11.4. The summed E-state index contributed by atoms with van der Waals surface area (Å²) in [5.41, 5.74) is 4.53. The fourth-order valence-corrected chi connectivity index (χ4v) is 3.57. The summed E-state index contributed by atoms with van der Waals surface area (Å²) >= 11 is 24.8. The van der Waals surface area contributed by atoms with Crippen molar-refractivity contribution >= 4 is 92.0 Å². The van der Waals surface area contributed by atoms with Crippen LogP contribution >= 0.6 is 69.0 Å². The molecule has 0 radical (unpaired) electrons. The number of fused-ring (bicyclic) bond motifs is 1. The van der Waals surface area contributed by atoms with Gasteiger partial charge in [0.2, 0.25) is 0 Å². The highest BCUT2D eigenvalue weighted by molar-refractivity contribution is 14.1. The van der Waals surface area contributed by atoms with Crippen molar-refractivity contribution < 1.29 is 9.59 Å². The van der Waals surface area contributed by atoms with Gasteiger partial charge in [-0.2, -0.15) is 0 Å². The van der Waals surface area contributed by atoms with Crippen LogP contribution in [0.15, 0.2) is 21.7 Å². The van der Waals surface area contributed by atoms with Crippen molar-refractivity contribution in [3.63, 3.8) is 0 Å². The summed E-state index contributed by atoms with van der Waals surface area (Å²) in [5, 5.41) is 2.39. The highest BCUT2D eigenvalue weighted by Crippen LogP contribution is 2.25. The Morgan fingerprint density at radius 2 is 1.70 bits per heavy atom. The van der Waals surface area contributed by atoms with E-state index in [4.69, 9.17) is 52.1 Å². The lowest BCUT2D eigenvalue weighted by Crippen LogP contribution is -2.35. The van der Waals surface area contributed by atoms with Crippen molar-refractivity contribution in [1.82, 2.24) is 25.3 Å². The molecule has 3 amide bonds. The topological polar surface area (TPSA) is 164 Å². The number of carbonyl (C=O) groups is 2. The largest absolute Gasteiger partial charge is 0.351 e. The second kappa shape index (κ2) is 10.4. The van der Waals surface area contributed by atoms with Gasteiger partial charge in [-0.25, -0.2) is 19.6 Å². The Bertz CT molecular complexity index is 1260. The number of nitrogens with one attached hydrogen (secondary N) is 3. The first-order valence-corrected chi connectivity index (χ1v) is 10.6. The van der Waals surface area contributed by atoms with E-state index in [1.807, 2.05) is 5.32 Å². The number of rotatable bonds is 2. The molecule has 3 rings (SSSR count). The number of halogens is 5. The van der Waals surface area contributed by atoms with Crippen molar-refractivity contribution in [2.75, 3.05) is 0 Å². The molecule has 3 heterocycles. The summed E-state index contributed by atoms with van der Waals surface area (Å²) in [6.07, 6.45) is 0. The first-order chi connectivity index (χ1) is 14.0. The minimum absolute atomic E-state index is 0.0303. The van der Waals surface area contributed by atoms with Gasteiger partial charge in [0.15, 0.2) is 0 Å². The first kappa shape index (κ1) is 24.3. The van der Waals surface area contributed by atoms with E-state index in [1.165, 1.54) is 12.1 Å². The van der Waals surface area contributed by atoms with Gasteiger partial charge in [0.1, 0.15) is 16.0 Å². The molecular weight excluding hydrogens is 597 g/mol. The minimum Gasteiger partial charge on any atom is -0.351 e. The van der Waals surface area contributed by atoms with Crippen LogP contribution in [0.4, 0.5) is 4.79 Å². The Balaban J connectivity index is 0.000000214. The lowest BCUT2D eigenvalue weighted by molar-refractivity contribution is 0.0966. The number of pyridine rings is 2. The Morgan fingerprint density at radius 1 is 1.03 bits per heavy atom. The SMILES string of the molecule is NC(=O)NC(=O)c1cc(Cl)c(Cl)nc1Cl.O=c1[nH]c(=O)c2cc(Cl)c(CI)nc2[nH]1. The number of carbonyl (C=O) groups excluding carboxylic acids is 2. The quantitative estimate of drug-likeness (QED) is 0.199. The molecule has 0 spiro atoms. The number of primary amides is 1. The number of aromatic amines is 2. The van der Waals surface area contributed by atoms with Crippen LogP contribution in [0.1, 0.15) is 16.1 Å². The van der Waals surface area contributed by atoms with E-state index < -0.39 is 23.2 Å². The summed E-state index contributed by atoms with van der Waals surface area (Å²) in [6.45, 7) is 0. The molecule has 0 saturated heterocycles. The molecule has 158 valence electrons. The molecule has 3 aromatic heterocycles. The van der Waals surface area contributed by atoms with E-state index >= 15 is 0 Å². The van der Waals surface area contributed by atoms with Gasteiger partial charge >= 0.3 is 11.7 Å². The zero-order valence-corrected chi connectivity index (χ0v) is 19.5. The molecule has 0 unspecified atom stereocenters. The van der Waals surface area contributed by atoms with E-state index in [0.717, 1.165) is 0 Å². The number of aromatic nitrogens is 4. The number of hydrogen-bond donors (Lipinski definition) is 4. The van der Waals surface area contributed by atoms with Gasteiger partial charge in [0, 0.05) is 4.43 Å². The van der Waals surface area contributed by atoms with E-state index in [2.05, 4.69) is 42.5 Å². The van der Waals surface area contributed by atoms with Gasteiger partial charge in [-0.1, -0.05) is 69.0 Å². The number of nitrogens with two attached hydrogens (primary N) is 1. The van der Waals surface area contributed by atoms with Crippen LogP contribution in [-0.4, -0.2) is 31.9 Å². The Morgan fingerprint density at radius 3 is 2.30 bits per heavy atom. The third kappa shape index (κ3) is 6.04. The molecule has 5 N–H and O–H groups in total. The van der Waals surface area contributed by atoms with Gasteiger partial charge in [0.25, 0.3) is 11.5 Å². The van der Waals surface area contributed by atoms with E-state index in [1.54, 1.807) is 0 Å². The summed E-state index contributed by atoms with van der Waals surface area (Å²) in [5.74, 6) is -0.793. The molecule has 0 bridgehead atoms. The van der Waals surface area contributed by atoms with Crippen LogP contribution in [-0.2, 0) is 4.43 Å². The summed E-state index contributed by atoms with van der Waals surface area (Å²) in [6, 6.07) is 1.70. The molecule has 0 aliphatic carbocycles. The lowest BCUT2D eigenvalue weighted by Gasteiger charge is -2.04. The highest BCUT2D eigenvalue weighted by atomic mass is 127.